The molecule has 1 aliphatic rings. The smallest absolute Gasteiger partial charge is 0.319 e. The molecule has 4 heteroatoms. The summed E-state index contributed by atoms with van der Waals surface area (Å²) < 4.78 is 0. The van der Waals surface area contributed by atoms with Crippen molar-refractivity contribution in [2.75, 3.05) is 13.1 Å². The van der Waals surface area contributed by atoms with E-state index in [1.165, 1.54) is 5.56 Å². The maximum atomic E-state index is 11.9. The van der Waals surface area contributed by atoms with E-state index in [4.69, 9.17) is 0 Å². The van der Waals surface area contributed by atoms with Crippen molar-refractivity contribution in [2.24, 2.45) is 0 Å². The molecule has 2 amide bonds. The van der Waals surface area contributed by atoms with Crippen molar-refractivity contribution in [1.82, 2.24) is 15.5 Å². The average Bonchev–Trinajstić information content (AvgIpc) is 2.48. The van der Waals surface area contributed by atoms with Gasteiger partial charge in [0.1, 0.15) is 0 Å². The molecule has 118 valence electrons. The Labute approximate surface area is 132 Å². The molecular weight excluding hydrogens is 274 g/mol. The van der Waals surface area contributed by atoms with Crippen LogP contribution in [0.1, 0.15) is 26.3 Å². The summed E-state index contributed by atoms with van der Waals surface area (Å²) in [4.78, 5) is 14.1. The van der Waals surface area contributed by atoms with Crippen LogP contribution >= 0.6 is 0 Å². The van der Waals surface area contributed by atoms with Crippen molar-refractivity contribution in [1.29, 1.82) is 0 Å². The maximum absolute atomic E-state index is 11.9. The van der Waals surface area contributed by atoms with Crippen LogP contribution in [0.4, 0.5) is 4.79 Å². The summed E-state index contributed by atoms with van der Waals surface area (Å²) in [5.41, 5.74) is 2.16. The first kappa shape index (κ1) is 16.1. The summed E-state index contributed by atoms with van der Waals surface area (Å²) in [7, 11) is 0. The van der Waals surface area contributed by atoms with E-state index in [0.717, 1.165) is 18.7 Å². The van der Waals surface area contributed by atoms with E-state index in [9.17, 15) is 4.79 Å². The first-order chi connectivity index (χ1) is 10.4. The summed E-state index contributed by atoms with van der Waals surface area (Å²) in [6, 6.07) is 9.98. The van der Waals surface area contributed by atoms with Crippen LogP contribution in [0.5, 0.6) is 0 Å². The second-order valence-corrected chi connectivity index (χ2v) is 6.41. The standard InChI is InChI=1S/C18H25N3O/c1-18(2,3)21-13-10-16(11-14-21)20-17(22)19-12-9-15-7-5-4-6-8-15/h4-8,10-11,13H,9,12,14H2,1-3H3,(H2,19,20,22). The first-order valence-corrected chi connectivity index (χ1v) is 7.69. The number of urea groups is 1. The first-order valence-electron chi connectivity index (χ1n) is 7.69. The molecule has 0 radical (unpaired) electrons. The quantitative estimate of drug-likeness (QED) is 0.897. The molecule has 0 saturated heterocycles. The van der Waals surface area contributed by atoms with E-state index >= 15 is 0 Å². The molecule has 0 spiro atoms. The Morgan fingerprint density at radius 2 is 1.95 bits per heavy atom. The number of carbonyl (C=O) groups excluding carboxylic acids is 1. The average molecular weight is 299 g/mol. The van der Waals surface area contributed by atoms with Crippen LogP contribution in [0.15, 0.2) is 54.4 Å². The number of nitrogens with zero attached hydrogens (tertiary/aromatic N) is 1. The van der Waals surface area contributed by atoms with E-state index in [1.54, 1.807) is 0 Å². The molecule has 2 N–H and O–H groups in total. The van der Waals surface area contributed by atoms with Gasteiger partial charge in [-0.2, -0.15) is 0 Å². The van der Waals surface area contributed by atoms with E-state index in [1.807, 2.05) is 36.6 Å². The summed E-state index contributed by atoms with van der Waals surface area (Å²) >= 11 is 0. The summed E-state index contributed by atoms with van der Waals surface area (Å²) in [5.74, 6) is 0. The number of carbonyl (C=O) groups is 1. The lowest BCUT2D eigenvalue weighted by Crippen LogP contribution is -2.40. The number of hydrogen-bond acceptors (Lipinski definition) is 2. The highest BCUT2D eigenvalue weighted by Gasteiger charge is 2.18. The number of nitrogens with one attached hydrogen (secondary N) is 2. The zero-order chi connectivity index (χ0) is 16.0. The van der Waals surface area contributed by atoms with Gasteiger partial charge in [-0.05, 0) is 44.9 Å². The lowest BCUT2D eigenvalue weighted by molar-refractivity contribution is 0.222. The largest absolute Gasteiger partial charge is 0.369 e. The van der Waals surface area contributed by atoms with E-state index in [2.05, 4.69) is 48.4 Å². The summed E-state index contributed by atoms with van der Waals surface area (Å²) in [5, 5.41) is 5.76. The topological polar surface area (TPSA) is 44.4 Å². The predicted octanol–water partition coefficient (Wildman–Crippen LogP) is 3.04. The highest BCUT2D eigenvalue weighted by atomic mass is 16.2. The molecule has 4 nitrogen and oxygen atoms in total. The monoisotopic (exact) mass is 299 g/mol. The van der Waals surface area contributed by atoms with Crippen LogP contribution in [0.25, 0.3) is 0 Å². The summed E-state index contributed by atoms with van der Waals surface area (Å²) in [6.45, 7) is 7.93. The number of allylic oxidation sites excluding steroid dienone is 1. The minimum Gasteiger partial charge on any atom is -0.369 e. The Kier molecular flexibility index (Phi) is 5.26. The van der Waals surface area contributed by atoms with Crippen LogP contribution < -0.4 is 10.6 Å². The van der Waals surface area contributed by atoms with Crippen LogP contribution in [0.2, 0.25) is 0 Å². The Morgan fingerprint density at radius 1 is 1.23 bits per heavy atom. The van der Waals surface area contributed by atoms with Gasteiger partial charge in [-0.1, -0.05) is 30.3 Å². The molecule has 0 bridgehead atoms. The molecule has 1 aromatic carbocycles. The van der Waals surface area contributed by atoms with Gasteiger partial charge in [0.2, 0.25) is 0 Å². The third-order valence-corrected chi connectivity index (χ3v) is 3.60. The Hall–Kier alpha value is -2.23. The van der Waals surface area contributed by atoms with E-state index < -0.39 is 0 Å². The van der Waals surface area contributed by atoms with Gasteiger partial charge >= 0.3 is 6.03 Å². The fourth-order valence-corrected chi connectivity index (χ4v) is 2.23. The van der Waals surface area contributed by atoms with Gasteiger partial charge in [-0.15, -0.1) is 0 Å². The Morgan fingerprint density at radius 3 is 2.55 bits per heavy atom. The molecule has 0 saturated carbocycles. The lowest BCUT2D eigenvalue weighted by atomic mass is 10.1. The minimum atomic E-state index is -0.156. The second kappa shape index (κ2) is 7.16. The fourth-order valence-electron chi connectivity index (χ4n) is 2.23. The van der Waals surface area contributed by atoms with Crippen molar-refractivity contribution < 1.29 is 4.79 Å². The van der Waals surface area contributed by atoms with Crippen molar-refractivity contribution in [3.63, 3.8) is 0 Å². The van der Waals surface area contributed by atoms with E-state index in [-0.39, 0.29) is 11.6 Å². The van der Waals surface area contributed by atoms with Crippen molar-refractivity contribution >= 4 is 6.03 Å². The fraction of sp³-hybridized carbons (Fsp3) is 0.389. The molecule has 1 aromatic rings. The second-order valence-electron chi connectivity index (χ2n) is 6.41. The third-order valence-electron chi connectivity index (χ3n) is 3.60. The Bertz CT molecular complexity index is 555. The van der Waals surface area contributed by atoms with Crippen molar-refractivity contribution in [2.45, 2.75) is 32.7 Å². The summed E-state index contributed by atoms with van der Waals surface area (Å²) in [6.07, 6.45) is 6.83. The molecule has 0 unspecified atom stereocenters. The van der Waals surface area contributed by atoms with Crippen LogP contribution in [-0.4, -0.2) is 29.6 Å². The van der Waals surface area contributed by atoms with E-state index in [0.29, 0.717) is 6.54 Å². The maximum Gasteiger partial charge on any atom is 0.319 e. The number of benzene rings is 1. The van der Waals surface area contributed by atoms with Gasteiger partial charge in [-0.25, -0.2) is 4.79 Å². The van der Waals surface area contributed by atoms with Gasteiger partial charge in [0, 0.05) is 30.5 Å². The molecular formula is C18H25N3O. The molecule has 1 heterocycles. The predicted molar refractivity (Wildman–Crippen MR) is 90.4 cm³/mol. The highest BCUT2D eigenvalue weighted by molar-refractivity contribution is 5.76. The molecule has 1 aliphatic heterocycles. The van der Waals surface area contributed by atoms with Gasteiger partial charge in [-0.3, -0.25) is 0 Å². The normalized spacial score (nSPS) is 14.5. The SMILES string of the molecule is CC(C)(C)N1C=CC(NC(=O)NCCc2ccccc2)=CC1. The van der Waals surface area contributed by atoms with Crippen molar-refractivity contribution in [3.8, 4) is 0 Å². The molecule has 22 heavy (non-hydrogen) atoms. The number of hydrogen-bond donors (Lipinski definition) is 2. The van der Waals surface area contributed by atoms with Gasteiger partial charge in [0.25, 0.3) is 0 Å². The van der Waals surface area contributed by atoms with Gasteiger partial charge in [0.05, 0.1) is 0 Å². The Balaban J connectivity index is 1.72. The third kappa shape index (κ3) is 4.95. The zero-order valence-electron chi connectivity index (χ0n) is 13.6. The molecule has 0 fully saturated rings. The molecule has 0 atom stereocenters. The minimum absolute atomic E-state index is 0.0937. The van der Waals surface area contributed by atoms with Gasteiger partial charge in [0.15, 0.2) is 0 Å². The van der Waals surface area contributed by atoms with Crippen LogP contribution in [-0.2, 0) is 6.42 Å². The van der Waals surface area contributed by atoms with Gasteiger partial charge < -0.3 is 15.5 Å². The van der Waals surface area contributed by atoms with Crippen LogP contribution in [0, 0.1) is 0 Å². The van der Waals surface area contributed by atoms with Crippen LogP contribution in [0.3, 0.4) is 0 Å². The lowest BCUT2D eigenvalue weighted by Gasteiger charge is -2.35. The molecule has 2 rings (SSSR count). The number of rotatable bonds is 4. The molecule has 0 aromatic heterocycles. The zero-order valence-corrected chi connectivity index (χ0v) is 13.6. The number of amides is 2. The van der Waals surface area contributed by atoms with Crippen molar-refractivity contribution in [3.05, 3.63) is 59.9 Å². The highest BCUT2D eigenvalue weighted by Crippen LogP contribution is 2.17. The molecule has 0 aliphatic carbocycles.